The first-order valence-electron chi connectivity index (χ1n) is 9.86. The topological polar surface area (TPSA) is 37.3 Å². The molecule has 25 heavy (non-hydrogen) atoms. The van der Waals surface area contributed by atoms with Crippen molar-refractivity contribution < 1.29 is 9.90 Å². The predicted octanol–water partition coefficient (Wildman–Crippen LogP) is 7.21. The van der Waals surface area contributed by atoms with E-state index < -0.39 is 6.10 Å². The van der Waals surface area contributed by atoms with Crippen LogP contribution in [0.5, 0.6) is 0 Å². The lowest BCUT2D eigenvalue weighted by atomic mass is 9.94. The Hall–Kier alpha value is -1.41. The van der Waals surface area contributed by atoms with Crippen LogP contribution in [-0.2, 0) is 4.79 Å². The zero-order chi connectivity index (χ0) is 20.8. The third-order valence-corrected chi connectivity index (χ3v) is 2.98. The Morgan fingerprint density at radius 1 is 1.00 bits per heavy atom. The molecule has 0 aliphatic heterocycles. The van der Waals surface area contributed by atoms with E-state index in [2.05, 4.69) is 13.2 Å². The summed E-state index contributed by atoms with van der Waals surface area (Å²) >= 11 is 0. The molecule has 1 N–H and O–H groups in total. The molecule has 0 fully saturated rings. The molecule has 0 amide bonds. The second-order valence-corrected chi connectivity index (χ2v) is 4.64. The van der Waals surface area contributed by atoms with E-state index in [9.17, 15) is 9.90 Å². The number of rotatable bonds is 9. The summed E-state index contributed by atoms with van der Waals surface area (Å²) in [6.45, 7) is 25.1. The highest BCUT2D eigenvalue weighted by Crippen LogP contribution is 2.21. The summed E-state index contributed by atoms with van der Waals surface area (Å²) in [6, 6.07) is 0. The number of aliphatic hydroxyl groups excluding tert-OH is 1. The molecule has 0 aromatic rings. The quantitative estimate of drug-likeness (QED) is 0.445. The monoisotopic (exact) mass is 352 g/mol. The van der Waals surface area contributed by atoms with Crippen molar-refractivity contribution in [3.05, 3.63) is 48.1 Å². The molecule has 1 atom stereocenters. The maximum Gasteiger partial charge on any atom is 0.134 e. The van der Waals surface area contributed by atoms with Gasteiger partial charge in [-0.2, -0.15) is 0 Å². The Morgan fingerprint density at radius 3 is 1.76 bits per heavy atom. The second kappa shape index (κ2) is 24.8. The van der Waals surface area contributed by atoms with Crippen LogP contribution in [-0.4, -0.2) is 17.0 Å². The van der Waals surface area contributed by atoms with E-state index in [0.717, 1.165) is 29.6 Å². The maximum absolute atomic E-state index is 11.2. The lowest BCUT2D eigenvalue weighted by Gasteiger charge is -2.16. The molecule has 148 valence electrons. The molecule has 0 aliphatic rings. The van der Waals surface area contributed by atoms with Crippen LogP contribution in [0.4, 0.5) is 0 Å². The minimum atomic E-state index is -0.514. The molecule has 0 radical (unpaired) electrons. The summed E-state index contributed by atoms with van der Waals surface area (Å²) in [5.41, 5.74) is 2.71. The van der Waals surface area contributed by atoms with E-state index in [1.807, 2.05) is 61.5 Å². The molecule has 2 heteroatoms. The van der Waals surface area contributed by atoms with Gasteiger partial charge in [-0.1, -0.05) is 93.2 Å². The van der Waals surface area contributed by atoms with Gasteiger partial charge in [0.25, 0.3) is 0 Å². The number of hydrogen-bond donors (Lipinski definition) is 1. The van der Waals surface area contributed by atoms with Gasteiger partial charge in [0, 0.05) is 6.42 Å². The Labute approximate surface area is 158 Å². The van der Waals surface area contributed by atoms with Crippen molar-refractivity contribution in [2.75, 3.05) is 0 Å². The lowest BCUT2D eigenvalue weighted by molar-refractivity contribution is -0.116. The number of aliphatic hydroxyl groups is 1. The van der Waals surface area contributed by atoms with E-state index in [0.29, 0.717) is 12.8 Å². The predicted molar refractivity (Wildman–Crippen MR) is 116 cm³/mol. The molecule has 1 unspecified atom stereocenters. The van der Waals surface area contributed by atoms with Gasteiger partial charge >= 0.3 is 0 Å². The van der Waals surface area contributed by atoms with Crippen LogP contribution >= 0.6 is 0 Å². The summed E-state index contributed by atoms with van der Waals surface area (Å²) < 4.78 is 0. The second-order valence-electron chi connectivity index (χ2n) is 4.64. The van der Waals surface area contributed by atoms with E-state index in [-0.39, 0.29) is 5.78 Å². The van der Waals surface area contributed by atoms with Gasteiger partial charge < -0.3 is 5.11 Å². The highest BCUT2D eigenvalue weighted by molar-refractivity contribution is 5.79. The third kappa shape index (κ3) is 17.2. The van der Waals surface area contributed by atoms with Crippen LogP contribution in [0.1, 0.15) is 88.0 Å². The van der Waals surface area contributed by atoms with E-state index in [1.165, 1.54) is 0 Å². The molecule has 0 rings (SSSR count). The first kappa shape index (κ1) is 31.4. The summed E-state index contributed by atoms with van der Waals surface area (Å²) in [5.74, 6) is 0.0899. The van der Waals surface area contributed by atoms with Crippen LogP contribution in [0.15, 0.2) is 48.1 Å². The number of hydrogen-bond acceptors (Lipinski definition) is 2. The van der Waals surface area contributed by atoms with Crippen molar-refractivity contribution in [2.24, 2.45) is 0 Å². The van der Waals surface area contributed by atoms with E-state index >= 15 is 0 Å². The SMILES string of the molecule is C=C/C(=C\C(=C(/C=C)CC)C(O)CCC)CC(C)=O.CC.CC.CC. The zero-order valence-corrected chi connectivity index (χ0v) is 18.4. The van der Waals surface area contributed by atoms with Gasteiger partial charge in [-0.15, -0.1) is 0 Å². The minimum Gasteiger partial charge on any atom is -0.388 e. The standard InChI is InChI=1S/C17H26O2.3C2H6/c1-6-10-17(19)16(15(8-3)9-4)12-14(7-2)11-13(5)18;3*1-2/h7-8,12,17,19H,2-3,6,9-11H2,1,4-5H3;3*1-2H3/b14-12+,16-15-;;;. The molecular formula is C23H44O2. The largest absolute Gasteiger partial charge is 0.388 e. The highest BCUT2D eigenvalue weighted by atomic mass is 16.3. The normalized spacial score (nSPS) is 11.8. The van der Waals surface area contributed by atoms with E-state index in [1.54, 1.807) is 19.1 Å². The molecule has 0 saturated carbocycles. The minimum absolute atomic E-state index is 0.0899. The molecular weight excluding hydrogens is 308 g/mol. The Morgan fingerprint density at radius 2 is 1.48 bits per heavy atom. The Kier molecular flexibility index (Phi) is 31.2. The fraction of sp³-hybridized carbons (Fsp3) is 0.609. The Balaban J connectivity index is -0.000000329. The van der Waals surface area contributed by atoms with E-state index in [4.69, 9.17) is 0 Å². The average Bonchev–Trinajstić information content (AvgIpc) is 2.65. The van der Waals surface area contributed by atoms with Crippen molar-refractivity contribution >= 4 is 5.78 Å². The molecule has 2 nitrogen and oxygen atoms in total. The summed E-state index contributed by atoms with van der Waals surface area (Å²) in [4.78, 5) is 11.2. The Bertz CT molecular complexity index is 387. The summed E-state index contributed by atoms with van der Waals surface area (Å²) in [7, 11) is 0. The van der Waals surface area contributed by atoms with Gasteiger partial charge in [0.1, 0.15) is 5.78 Å². The van der Waals surface area contributed by atoms with Crippen LogP contribution in [0.3, 0.4) is 0 Å². The molecule has 0 aliphatic carbocycles. The number of carbonyl (C=O) groups is 1. The van der Waals surface area contributed by atoms with Gasteiger partial charge in [-0.25, -0.2) is 0 Å². The van der Waals surface area contributed by atoms with Gasteiger partial charge in [-0.3, -0.25) is 4.79 Å². The molecule has 0 bridgehead atoms. The van der Waals surface area contributed by atoms with Crippen molar-refractivity contribution in [1.29, 1.82) is 0 Å². The first-order chi connectivity index (χ1) is 12.0. The number of ketones is 1. The smallest absolute Gasteiger partial charge is 0.134 e. The fourth-order valence-corrected chi connectivity index (χ4v) is 1.97. The first-order valence-corrected chi connectivity index (χ1v) is 9.86. The number of Topliss-reactive ketones (excluding diaryl/α,β-unsaturated/α-hetero) is 1. The van der Waals surface area contributed by atoms with Crippen molar-refractivity contribution in [1.82, 2.24) is 0 Å². The molecule has 0 spiro atoms. The molecule has 0 aromatic heterocycles. The fourth-order valence-electron chi connectivity index (χ4n) is 1.97. The summed E-state index contributed by atoms with van der Waals surface area (Å²) in [5, 5.41) is 10.3. The number of allylic oxidation sites excluding steroid dienone is 4. The lowest BCUT2D eigenvalue weighted by Crippen LogP contribution is -2.11. The van der Waals surface area contributed by atoms with Gasteiger partial charge in [0.15, 0.2) is 0 Å². The highest BCUT2D eigenvalue weighted by Gasteiger charge is 2.12. The van der Waals surface area contributed by atoms with Crippen LogP contribution in [0, 0.1) is 0 Å². The van der Waals surface area contributed by atoms with Crippen molar-refractivity contribution in [2.45, 2.75) is 94.1 Å². The number of carbonyl (C=O) groups excluding carboxylic acids is 1. The van der Waals surface area contributed by atoms with Crippen LogP contribution < -0.4 is 0 Å². The molecule has 0 aromatic carbocycles. The summed E-state index contributed by atoms with van der Waals surface area (Å²) in [6.07, 6.45) is 7.59. The van der Waals surface area contributed by atoms with Crippen molar-refractivity contribution in [3.63, 3.8) is 0 Å². The molecule has 0 saturated heterocycles. The van der Waals surface area contributed by atoms with Crippen molar-refractivity contribution in [3.8, 4) is 0 Å². The van der Waals surface area contributed by atoms with Crippen LogP contribution in [0.2, 0.25) is 0 Å². The molecule has 0 heterocycles. The zero-order valence-electron chi connectivity index (χ0n) is 18.4. The maximum atomic E-state index is 11.2. The van der Waals surface area contributed by atoms with Gasteiger partial charge in [0.2, 0.25) is 0 Å². The third-order valence-electron chi connectivity index (χ3n) is 2.98. The van der Waals surface area contributed by atoms with Crippen LogP contribution in [0.25, 0.3) is 0 Å². The van der Waals surface area contributed by atoms with Gasteiger partial charge in [0.05, 0.1) is 6.10 Å². The average molecular weight is 353 g/mol. The van der Waals surface area contributed by atoms with Gasteiger partial charge in [-0.05, 0) is 36.5 Å².